The minimum Gasteiger partial charge on any atom is -0.545 e. The van der Waals surface area contributed by atoms with Crippen molar-refractivity contribution in [3.63, 3.8) is 0 Å². The van der Waals surface area contributed by atoms with Crippen LogP contribution in [-0.2, 0) is 0 Å². The smallest absolute Gasteiger partial charge is 0.275 e. The van der Waals surface area contributed by atoms with Crippen LogP contribution < -0.4 is 10.4 Å². The van der Waals surface area contributed by atoms with E-state index in [1.807, 2.05) is 6.92 Å². The second-order valence-electron chi connectivity index (χ2n) is 6.83. The Morgan fingerprint density at radius 3 is 2.58 bits per heavy atom. The zero-order valence-electron chi connectivity index (χ0n) is 14.1. The number of anilines is 1. The van der Waals surface area contributed by atoms with Crippen molar-refractivity contribution in [2.45, 2.75) is 25.3 Å². The third-order valence-electron chi connectivity index (χ3n) is 5.41. The normalized spacial score (nSPS) is 23.0. The Kier molecular flexibility index (Phi) is 3.76. The van der Waals surface area contributed by atoms with Crippen LogP contribution in [0.4, 0.5) is 11.4 Å². The van der Waals surface area contributed by atoms with Gasteiger partial charge in [-0.2, -0.15) is 0 Å². The van der Waals surface area contributed by atoms with E-state index in [-0.39, 0.29) is 34.1 Å². The lowest BCUT2D eigenvalue weighted by atomic mass is 9.75. The molecule has 132 valence electrons. The molecule has 0 spiro atoms. The van der Waals surface area contributed by atoms with E-state index in [0.29, 0.717) is 0 Å². The Bertz CT molecular complexity index is 934. The third-order valence-corrected chi connectivity index (χ3v) is 5.41. The zero-order chi connectivity index (χ0) is 18.4. The first-order chi connectivity index (χ1) is 12.5. The molecule has 1 heterocycles. The van der Waals surface area contributed by atoms with Crippen LogP contribution in [0, 0.1) is 23.0 Å². The number of hydrogen-bond donors (Lipinski definition) is 1. The largest absolute Gasteiger partial charge is 0.545 e. The number of allylic oxidation sites excluding steroid dienone is 2. The van der Waals surface area contributed by atoms with E-state index in [4.69, 9.17) is 0 Å². The van der Waals surface area contributed by atoms with Gasteiger partial charge in [0.1, 0.15) is 0 Å². The molecule has 0 saturated carbocycles. The fourth-order valence-corrected chi connectivity index (χ4v) is 4.15. The second-order valence-corrected chi connectivity index (χ2v) is 6.83. The molecule has 0 radical (unpaired) electrons. The summed E-state index contributed by atoms with van der Waals surface area (Å²) in [6, 6.07) is 9.96. The van der Waals surface area contributed by atoms with Crippen molar-refractivity contribution in [3.8, 4) is 0 Å². The lowest BCUT2D eigenvalue weighted by Crippen LogP contribution is -2.30. The molecule has 1 aliphatic heterocycles. The molecule has 0 aromatic heterocycles. The molecule has 1 N–H and O–H groups in total. The molecule has 2 aromatic rings. The Labute approximate surface area is 150 Å². The van der Waals surface area contributed by atoms with Crippen molar-refractivity contribution < 1.29 is 14.8 Å². The number of benzene rings is 2. The zero-order valence-corrected chi connectivity index (χ0v) is 14.1. The third kappa shape index (κ3) is 2.45. The number of carbonyl (C=O) groups excluding carboxylic acids is 1. The molecular formula is C20H17N2O4-. The van der Waals surface area contributed by atoms with Gasteiger partial charge in [0.05, 0.1) is 22.5 Å². The van der Waals surface area contributed by atoms with Gasteiger partial charge in [-0.15, -0.1) is 0 Å². The van der Waals surface area contributed by atoms with Crippen LogP contribution in [0.15, 0.2) is 48.6 Å². The lowest BCUT2D eigenvalue weighted by molar-refractivity contribution is -0.385. The van der Waals surface area contributed by atoms with E-state index in [2.05, 4.69) is 17.5 Å². The molecule has 6 heteroatoms. The van der Waals surface area contributed by atoms with Crippen molar-refractivity contribution in [1.82, 2.24) is 0 Å². The standard InChI is InChI=1S/C20H18N2O4/c1-11-5-10-16(22(25)26)17-14-3-2-4-15(14)19(21-18(11)17)12-6-8-13(9-7-12)20(23)24/h2-3,5-10,14-15,19,21H,4H2,1H3,(H,23,24)/p-1/t14-,15+,19+/m1/s1. The van der Waals surface area contributed by atoms with Gasteiger partial charge in [-0.1, -0.05) is 42.5 Å². The van der Waals surface area contributed by atoms with Crippen LogP contribution in [0.1, 0.15) is 45.4 Å². The predicted octanol–water partition coefficient (Wildman–Crippen LogP) is 3.09. The van der Waals surface area contributed by atoms with Gasteiger partial charge in [-0.3, -0.25) is 10.1 Å². The summed E-state index contributed by atoms with van der Waals surface area (Å²) in [4.78, 5) is 22.2. The minimum atomic E-state index is -1.20. The van der Waals surface area contributed by atoms with Crippen molar-refractivity contribution in [2.24, 2.45) is 5.92 Å². The maximum absolute atomic E-state index is 11.5. The SMILES string of the molecule is Cc1ccc([N+](=O)[O-])c2c1N[C@@H](c1ccc(C(=O)[O-])cc1)[C@H]1CC=C[C@@H]21. The molecule has 0 amide bonds. The number of carbonyl (C=O) groups is 1. The summed E-state index contributed by atoms with van der Waals surface area (Å²) in [6.07, 6.45) is 4.94. The highest BCUT2D eigenvalue weighted by atomic mass is 16.6. The summed E-state index contributed by atoms with van der Waals surface area (Å²) in [5.74, 6) is -1.08. The fraction of sp³-hybridized carbons (Fsp3) is 0.250. The van der Waals surface area contributed by atoms with E-state index in [1.54, 1.807) is 36.4 Å². The number of nitro benzene ring substituents is 1. The van der Waals surface area contributed by atoms with Crippen molar-refractivity contribution in [3.05, 3.63) is 80.9 Å². The summed E-state index contributed by atoms with van der Waals surface area (Å²) < 4.78 is 0. The second kappa shape index (κ2) is 5.98. The summed E-state index contributed by atoms with van der Waals surface area (Å²) in [5.41, 5.74) is 3.76. The van der Waals surface area contributed by atoms with Crippen LogP contribution in [0.2, 0.25) is 0 Å². The number of carboxylic acids is 1. The molecule has 0 bridgehead atoms. The topological polar surface area (TPSA) is 95.3 Å². The first-order valence-electron chi connectivity index (χ1n) is 8.49. The van der Waals surface area contributed by atoms with Crippen molar-refractivity contribution >= 4 is 17.3 Å². The number of aromatic carboxylic acids is 1. The lowest BCUT2D eigenvalue weighted by Gasteiger charge is -2.38. The van der Waals surface area contributed by atoms with Crippen LogP contribution in [0.3, 0.4) is 0 Å². The molecule has 2 aliphatic rings. The van der Waals surface area contributed by atoms with Gasteiger partial charge >= 0.3 is 0 Å². The van der Waals surface area contributed by atoms with E-state index in [0.717, 1.165) is 28.8 Å². The van der Waals surface area contributed by atoms with Crippen LogP contribution in [0.25, 0.3) is 0 Å². The number of hydrogen-bond acceptors (Lipinski definition) is 5. The fourth-order valence-electron chi connectivity index (χ4n) is 4.15. The van der Waals surface area contributed by atoms with E-state index >= 15 is 0 Å². The number of nitrogens with zero attached hydrogens (tertiary/aromatic N) is 1. The van der Waals surface area contributed by atoms with Gasteiger partial charge in [0.25, 0.3) is 5.69 Å². The van der Waals surface area contributed by atoms with Crippen molar-refractivity contribution in [2.75, 3.05) is 5.32 Å². The Morgan fingerprint density at radius 2 is 1.92 bits per heavy atom. The number of carboxylic acid groups (broad SMARTS) is 1. The predicted molar refractivity (Wildman–Crippen MR) is 95.0 cm³/mol. The highest BCUT2D eigenvalue weighted by Gasteiger charge is 2.42. The number of nitrogens with one attached hydrogen (secondary N) is 1. The van der Waals surface area contributed by atoms with E-state index in [9.17, 15) is 20.0 Å². The monoisotopic (exact) mass is 349 g/mol. The molecule has 0 unspecified atom stereocenters. The van der Waals surface area contributed by atoms with Gasteiger partial charge in [-0.05, 0) is 36.0 Å². The van der Waals surface area contributed by atoms with Crippen LogP contribution in [-0.4, -0.2) is 10.9 Å². The minimum absolute atomic E-state index is 0.0302. The summed E-state index contributed by atoms with van der Waals surface area (Å²) in [7, 11) is 0. The Balaban J connectivity index is 1.81. The first-order valence-corrected chi connectivity index (χ1v) is 8.49. The van der Waals surface area contributed by atoms with E-state index < -0.39 is 5.97 Å². The molecule has 6 nitrogen and oxygen atoms in total. The Morgan fingerprint density at radius 1 is 1.19 bits per heavy atom. The molecule has 2 aromatic carbocycles. The van der Waals surface area contributed by atoms with Gasteiger partial charge in [0.2, 0.25) is 0 Å². The molecule has 0 fully saturated rings. The maximum Gasteiger partial charge on any atom is 0.275 e. The number of aryl methyl sites for hydroxylation is 1. The van der Waals surface area contributed by atoms with Gasteiger partial charge in [0.15, 0.2) is 0 Å². The van der Waals surface area contributed by atoms with E-state index in [1.165, 1.54) is 0 Å². The van der Waals surface area contributed by atoms with Gasteiger partial charge < -0.3 is 15.2 Å². The average Bonchev–Trinajstić information content (AvgIpc) is 3.11. The molecule has 4 rings (SSSR count). The molecule has 3 atom stereocenters. The maximum atomic E-state index is 11.5. The average molecular weight is 349 g/mol. The quantitative estimate of drug-likeness (QED) is 0.522. The number of fused-ring (bicyclic) bond motifs is 3. The number of nitro groups is 1. The summed E-state index contributed by atoms with van der Waals surface area (Å²) in [5, 5.41) is 26.0. The molecule has 26 heavy (non-hydrogen) atoms. The first kappa shape index (κ1) is 16.3. The van der Waals surface area contributed by atoms with Crippen LogP contribution in [0.5, 0.6) is 0 Å². The summed E-state index contributed by atoms with van der Waals surface area (Å²) in [6.45, 7) is 1.94. The van der Waals surface area contributed by atoms with Gasteiger partial charge in [0, 0.05) is 17.7 Å². The van der Waals surface area contributed by atoms with Crippen molar-refractivity contribution in [1.29, 1.82) is 0 Å². The van der Waals surface area contributed by atoms with Gasteiger partial charge in [-0.25, -0.2) is 0 Å². The molecule has 0 saturated heterocycles. The highest BCUT2D eigenvalue weighted by molar-refractivity contribution is 5.85. The molecular weight excluding hydrogens is 332 g/mol. The number of rotatable bonds is 3. The van der Waals surface area contributed by atoms with Crippen LogP contribution >= 0.6 is 0 Å². The Hall–Kier alpha value is -3.15. The molecule has 1 aliphatic carbocycles. The highest BCUT2D eigenvalue weighted by Crippen LogP contribution is 2.53. The summed E-state index contributed by atoms with van der Waals surface area (Å²) >= 11 is 0.